The van der Waals surface area contributed by atoms with Crippen LogP contribution in [-0.2, 0) is 6.54 Å². The summed E-state index contributed by atoms with van der Waals surface area (Å²) in [5, 5.41) is 6.18. The normalized spacial score (nSPS) is 14.7. The van der Waals surface area contributed by atoms with Crippen molar-refractivity contribution in [1.82, 2.24) is 5.32 Å². The van der Waals surface area contributed by atoms with Crippen LogP contribution in [0.3, 0.4) is 0 Å². The fourth-order valence-electron chi connectivity index (χ4n) is 2.63. The number of halogens is 1. The molecule has 1 aliphatic carbocycles. The summed E-state index contributed by atoms with van der Waals surface area (Å²) >= 11 is 5.55. The molecule has 1 aliphatic rings. The van der Waals surface area contributed by atoms with Crippen molar-refractivity contribution in [1.29, 1.82) is 0 Å². The minimum atomic E-state index is 0.768. The van der Waals surface area contributed by atoms with Crippen LogP contribution in [0.25, 0.3) is 21.2 Å². The first-order chi connectivity index (χ1) is 10.3. The average Bonchev–Trinajstić information content (AvgIpc) is 3.23. The van der Waals surface area contributed by atoms with Crippen LogP contribution in [0.2, 0.25) is 0 Å². The average molecular weight is 358 g/mol. The molecule has 4 rings (SSSR count). The Balaban J connectivity index is 1.70. The molecule has 0 radical (unpaired) electrons. The van der Waals surface area contributed by atoms with Gasteiger partial charge in [-0.25, -0.2) is 0 Å². The highest BCUT2D eigenvalue weighted by Crippen LogP contribution is 2.36. The zero-order valence-electron chi connectivity index (χ0n) is 11.6. The Morgan fingerprint density at radius 3 is 2.62 bits per heavy atom. The van der Waals surface area contributed by atoms with Gasteiger partial charge >= 0.3 is 0 Å². The number of rotatable bonds is 4. The molecule has 0 atom stereocenters. The standard InChI is InChI=1S/C18H16BrNS/c19-17-9-8-16(14-3-1-2-4-15(14)17)18-10-7-13(21-18)11-20-12-5-6-12/h1-4,7-10,12,20H,5-6,11H2. The second-order valence-corrected chi connectivity index (χ2v) is 7.58. The second kappa shape index (κ2) is 5.56. The lowest BCUT2D eigenvalue weighted by Gasteiger charge is -2.06. The molecule has 3 aromatic rings. The first-order valence-corrected chi connectivity index (χ1v) is 8.92. The molecule has 1 N–H and O–H groups in total. The molecule has 21 heavy (non-hydrogen) atoms. The van der Waals surface area contributed by atoms with Crippen molar-refractivity contribution in [2.24, 2.45) is 0 Å². The minimum Gasteiger partial charge on any atom is -0.309 e. The van der Waals surface area contributed by atoms with Gasteiger partial charge in [0.25, 0.3) is 0 Å². The van der Waals surface area contributed by atoms with Crippen LogP contribution < -0.4 is 5.32 Å². The topological polar surface area (TPSA) is 12.0 Å². The van der Waals surface area contributed by atoms with Crippen LogP contribution in [0.1, 0.15) is 17.7 Å². The third-order valence-corrected chi connectivity index (χ3v) is 5.75. The molecule has 1 aromatic heterocycles. The molecule has 1 nitrogen and oxygen atoms in total. The van der Waals surface area contributed by atoms with Crippen molar-refractivity contribution in [2.45, 2.75) is 25.4 Å². The quantitative estimate of drug-likeness (QED) is 0.642. The Morgan fingerprint density at radius 2 is 1.81 bits per heavy atom. The largest absolute Gasteiger partial charge is 0.309 e. The maximum Gasteiger partial charge on any atom is 0.0352 e. The Kier molecular flexibility index (Phi) is 3.57. The SMILES string of the molecule is Brc1ccc(-c2ccc(CNC3CC3)s2)c2ccccc12. The molecular formula is C18H16BrNS. The fraction of sp³-hybridized carbons (Fsp3) is 0.222. The third kappa shape index (κ3) is 2.78. The van der Waals surface area contributed by atoms with Gasteiger partial charge in [0, 0.05) is 26.8 Å². The zero-order valence-corrected chi connectivity index (χ0v) is 14.0. The van der Waals surface area contributed by atoms with E-state index in [2.05, 4.69) is 69.8 Å². The first-order valence-electron chi connectivity index (χ1n) is 7.31. The van der Waals surface area contributed by atoms with E-state index in [1.54, 1.807) is 0 Å². The van der Waals surface area contributed by atoms with E-state index in [1.165, 1.54) is 38.9 Å². The summed E-state index contributed by atoms with van der Waals surface area (Å²) in [6.45, 7) is 1.00. The van der Waals surface area contributed by atoms with E-state index >= 15 is 0 Å². The summed E-state index contributed by atoms with van der Waals surface area (Å²) in [6.07, 6.45) is 2.69. The van der Waals surface area contributed by atoms with E-state index in [4.69, 9.17) is 0 Å². The Labute approximate surface area is 137 Å². The number of benzene rings is 2. The molecule has 0 bridgehead atoms. The third-order valence-electron chi connectivity index (χ3n) is 3.94. The highest BCUT2D eigenvalue weighted by atomic mass is 79.9. The molecule has 2 aromatic carbocycles. The number of fused-ring (bicyclic) bond motifs is 1. The number of hydrogen-bond donors (Lipinski definition) is 1. The van der Waals surface area contributed by atoms with Gasteiger partial charge in [0.2, 0.25) is 0 Å². The predicted molar refractivity (Wildman–Crippen MR) is 94.8 cm³/mol. The van der Waals surface area contributed by atoms with Crippen LogP contribution in [0.4, 0.5) is 0 Å². The predicted octanol–water partition coefficient (Wildman–Crippen LogP) is 5.58. The lowest BCUT2D eigenvalue weighted by molar-refractivity contribution is 0.695. The summed E-state index contributed by atoms with van der Waals surface area (Å²) < 4.78 is 1.16. The van der Waals surface area contributed by atoms with Gasteiger partial charge in [0.05, 0.1) is 0 Å². The van der Waals surface area contributed by atoms with E-state index < -0.39 is 0 Å². The van der Waals surface area contributed by atoms with Crippen molar-refractivity contribution in [2.75, 3.05) is 0 Å². The number of hydrogen-bond acceptors (Lipinski definition) is 2. The smallest absolute Gasteiger partial charge is 0.0352 e. The highest BCUT2D eigenvalue weighted by molar-refractivity contribution is 9.10. The lowest BCUT2D eigenvalue weighted by Crippen LogP contribution is -2.14. The molecule has 0 amide bonds. The van der Waals surface area contributed by atoms with E-state index in [0.717, 1.165) is 17.1 Å². The van der Waals surface area contributed by atoms with Crippen molar-refractivity contribution in [3.63, 3.8) is 0 Å². The van der Waals surface area contributed by atoms with Gasteiger partial charge in [-0.05, 0) is 47.4 Å². The van der Waals surface area contributed by atoms with Crippen molar-refractivity contribution < 1.29 is 0 Å². The highest BCUT2D eigenvalue weighted by Gasteiger charge is 2.20. The maximum absolute atomic E-state index is 3.65. The van der Waals surface area contributed by atoms with Crippen LogP contribution >= 0.6 is 27.3 Å². The molecular weight excluding hydrogens is 342 g/mol. The Hall–Kier alpha value is -1.16. The summed E-state index contributed by atoms with van der Waals surface area (Å²) in [6, 6.07) is 18.2. The second-order valence-electron chi connectivity index (χ2n) is 5.56. The Morgan fingerprint density at radius 1 is 1.00 bits per heavy atom. The lowest BCUT2D eigenvalue weighted by atomic mass is 10.0. The van der Waals surface area contributed by atoms with Crippen LogP contribution in [-0.4, -0.2) is 6.04 Å². The molecule has 0 spiro atoms. The number of thiophene rings is 1. The van der Waals surface area contributed by atoms with Crippen LogP contribution in [0.5, 0.6) is 0 Å². The summed E-state index contributed by atoms with van der Waals surface area (Å²) in [7, 11) is 0. The molecule has 1 saturated carbocycles. The van der Waals surface area contributed by atoms with Crippen LogP contribution in [0, 0.1) is 0 Å². The maximum atomic E-state index is 3.65. The zero-order chi connectivity index (χ0) is 14.2. The molecule has 1 heterocycles. The van der Waals surface area contributed by atoms with E-state index in [-0.39, 0.29) is 0 Å². The van der Waals surface area contributed by atoms with E-state index in [0.29, 0.717) is 0 Å². The molecule has 0 unspecified atom stereocenters. The molecule has 1 fully saturated rings. The van der Waals surface area contributed by atoms with E-state index in [1.807, 2.05) is 11.3 Å². The van der Waals surface area contributed by atoms with Gasteiger partial charge in [-0.1, -0.05) is 46.3 Å². The van der Waals surface area contributed by atoms with Gasteiger partial charge in [0.1, 0.15) is 0 Å². The molecule has 0 saturated heterocycles. The van der Waals surface area contributed by atoms with Gasteiger partial charge in [-0.3, -0.25) is 0 Å². The molecule has 0 aliphatic heterocycles. The van der Waals surface area contributed by atoms with Gasteiger partial charge in [-0.15, -0.1) is 11.3 Å². The van der Waals surface area contributed by atoms with Gasteiger partial charge in [-0.2, -0.15) is 0 Å². The van der Waals surface area contributed by atoms with Gasteiger partial charge < -0.3 is 5.32 Å². The molecule has 3 heteroatoms. The van der Waals surface area contributed by atoms with Crippen LogP contribution in [0.15, 0.2) is 53.0 Å². The number of nitrogens with one attached hydrogen (secondary N) is 1. The van der Waals surface area contributed by atoms with E-state index in [9.17, 15) is 0 Å². The first kappa shape index (κ1) is 13.5. The minimum absolute atomic E-state index is 0.768. The van der Waals surface area contributed by atoms with Crippen molar-refractivity contribution in [3.8, 4) is 10.4 Å². The summed E-state index contributed by atoms with van der Waals surface area (Å²) in [5.74, 6) is 0. The summed E-state index contributed by atoms with van der Waals surface area (Å²) in [4.78, 5) is 2.77. The monoisotopic (exact) mass is 357 g/mol. The van der Waals surface area contributed by atoms with Gasteiger partial charge in [0.15, 0.2) is 0 Å². The molecule has 106 valence electrons. The Bertz CT molecular complexity index is 789. The van der Waals surface area contributed by atoms with Crippen molar-refractivity contribution in [3.05, 3.63) is 57.9 Å². The summed E-state index contributed by atoms with van der Waals surface area (Å²) in [5.41, 5.74) is 1.33. The van der Waals surface area contributed by atoms with Crippen molar-refractivity contribution >= 4 is 38.0 Å². The fourth-order valence-corrected chi connectivity index (χ4v) is 4.10.